The minimum atomic E-state index is -4.23. The summed E-state index contributed by atoms with van der Waals surface area (Å²) in [6.45, 7) is -1.13. The summed E-state index contributed by atoms with van der Waals surface area (Å²) in [5, 5.41) is 9.85. The summed E-state index contributed by atoms with van der Waals surface area (Å²) in [6, 6.07) is 4.11. The van der Waals surface area contributed by atoms with Crippen LogP contribution in [0.15, 0.2) is 29.3 Å². The average molecular weight is 480 g/mol. The first kappa shape index (κ1) is 23.2. The highest BCUT2D eigenvalue weighted by Crippen LogP contribution is 2.43. The lowest BCUT2D eigenvalue weighted by Gasteiger charge is -2.30. The number of pyridine rings is 1. The Kier molecular flexibility index (Phi) is 6.16. The Morgan fingerprint density at radius 3 is 2.48 bits per heavy atom. The largest absolute Gasteiger partial charge is 0.335 e. The fourth-order valence-corrected chi connectivity index (χ4v) is 5.09. The molecule has 4 rings (SSSR count). The van der Waals surface area contributed by atoms with Crippen molar-refractivity contribution in [1.82, 2.24) is 14.3 Å². The number of nitriles is 1. The van der Waals surface area contributed by atoms with Gasteiger partial charge in [-0.15, -0.1) is 0 Å². The number of benzene rings is 1. The van der Waals surface area contributed by atoms with Gasteiger partial charge < -0.3 is 4.57 Å². The van der Waals surface area contributed by atoms with Gasteiger partial charge in [0.2, 0.25) is 10.0 Å². The lowest BCUT2D eigenvalue weighted by Crippen LogP contribution is -2.37. The summed E-state index contributed by atoms with van der Waals surface area (Å²) in [4.78, 5) is 3.84. The number of rotatable bonds is 7. The van der Waals surface area contributed by atoms with Gasteiger partial charge in [-0.3, -0.25) is 4.98 Å². The van der Waals surface area contributed by atoms with E-state index in [0.29, 0.717) is 0 Å². The predicted molar refractivity (Wildman–Crippen MR) is 113 cm³/mol. The summed E-state index contributed by atoms with van der Waals surface area (Å²) in [5.41, 5.74) is 0.475. The Hall–Kier alpha value is -2.97. The van der Waals surface area contributed by atoms with Gasteiger partial charge in [-0.25, -0.2) is 30.7 Å². The molecular weight excluding hydrogens is 460 g/mol. The third kappa shape index (κ3) is 3.87. The lowest BCUT2D eigenvalue weighted by molar-refractivity contribution is 0.323. The fourth-order valence-electron chi connectivity index (χ4n) is 3.95. The molecule has 174 valence electrons. The van der Waals surface area contributed by atoms with Crippen LogP contribution in [-0.4, -0.2) is 37.4 Å². The zero-order valence-corrected chi connectivity index (χ0v) is 18.4. The van der Waals surface area contributed by atoms with Crippen molar-refractivity contribution in [3.8, 4) is 17.5 Å². The van der Waals surface area contributed by atoms with E-state index in [1.54, 1.807) is 4.57 Å². The Bertz CT molecular complexity index is 1360. The van der Waals surface area contributed by atoms with Crippen molar-refractivity contribution in [2.45, 2.75) is 43.2 Å². The van der Waals surface area contributed by atoms with E-state index in [2.05, 4.69) is 4.98 Å². The van der Waals surface area contributed by atoms with E-state index in [1.165, 1.54) is 25.1 Å². The highest BCUT2D eigenvalue weighted by molar-refractivity contribution is 7.89. The summed E-state index contributed by atoms with van der Waals surface area (Å²) in [7, 11) is -4.23. The van der Waals surface area contributed by atoms with E-state index < -0.39 is 41.0 Å². The summed E-state index contributed by atoms with van der Waals surface area (Å²) in [5.74, 6) is -1.56. The quantitative estimate of drug-likeness (QED) is 0.506. The first-order valence-corrected chi connectivity index (χ1v) is 11.7. The highest BCUT2D eigenvalue weighted by Gasteiger charge is 2.31. The van der Waals surface area contributed by atoms with Crippen molar-refractivity contribution in [2.75, 3.05) is 13.3 Å². The number of nitrogens with one attached hydrogen (secondary N) is 1. The van der Waals surface area contributed by atoms with Gasteiger partial charge in [0.25, 0.3) is 0 Å². The molecule has 1 N–H and O–H groups in total. The van der Waals surface area contributed by atoms with E-state index in [4.69, 9.17) is 0 Å². The number of nitrogens with zero attached hydrogens (tertiary/aromatic N) is 3. The molecule has 2 aromatic heterocycles. The molecule has 33 heavy (non-hydrogen) atoms. The molecule has 3 aromatic rings. The first-order chi connectivity index (χ1) is 15.7. The summed E-state index contributed by atoms with van der Waals surface area (Å²) < 4.78 is 83.3. The van der Waals surface area contributed by atoms with Gasteiger partial charge in [-0.05, 0) is 44.4 Å². The normalized spacial score (nSPS) is 14.6. The number of halogens is 4. The molecule has 6 nitrogen and oxygen atoms in total. The zero-order chi connectivity index (χ0) is 23.9. The van der Waals surface area contributed by atoms with Crippen LogP contribution in [0.25, 0.3) is 22.3 Å². The number of hydrogen-bond donors (Lipinski definition) is 1. The second-order valence-electron chi connectivity index (χ2n) is 7.99. The molecule has 0 spiro atoms. The minimum Gasteiger partial charge on any atom is -0.335 e. The van der Waals surface area contributed by atoms with Crippen LogP contribution in [0, 0.1) is 29.9 Å². The van der Waals surface area contributed by atoms with Crippen molar-refractivity contribution in [3.05, 3.63) is 47.2 Å². The van der Waals surface area contributed by atoms with Crippen LogP contribution in [0.5, 0.6) is 0 Å². The van der Waals surface area contributed by atoms with Crippen molar-refractivity contribution < 1.29 is 26.0 Å². The first-order valence-electron chi connectivity index (χ1n) is 10.3. The summed E-state index contributed by atoms with van der Waals surface area (Å²) in [6.07, 6.45) is 3.42. The number of alkyl halides is 2. The lowest BCUT2D eigenvalue weighted by atomic mass is 9.92. The smallest absolute Gasteiger partial charge is 0.242 e. The number of hydrogen-bond acceptors (Lipinski definition) is 4. The van der Waals surface area contributed by atoms with Crippen LogP contribution >= 0.6 is 0 Å². The molecule has 0 unspecified atom stereocenters. The second kappa shape index (κ2) is 8.76. The standard InChI is InChI=1S/C22H20F4N4O2S/c1-12-17(25)7-19-20(21(12)26)16(10-27)22(30(19)14-3-2-4-14)18-6-5-15(11-28-18)33(31,32)29-13(8-23)9-24/h5-7,11,13-14,29H,2-4,8-9H2,1H3. The molecule has 0 bridgehead atoms. The van der Waals surface area contributed by atoms with Gasteiger partial charge >= 0.3 is 0 Å². The van der Waals surface area contributed by atoms with Crippen molar-refractivity contribution in [2.24, 2.45) is 0 Å². The van der Waals surface area contributed by atoms with Gasteiger partial charge in [0.05, 0.1) is 33.9 Å². The maximum atomic E-state index is 15.0. The molecule has 2 heterocycles. The van der Waals surface area contributed by atoms with Crippen LogP contribution in [0.4, 0.5) is 17.6 Å². The molecule has 1 fully saturated rings. The van der Waals surface area contributed by atoms with E-state index in [-0.39, 0.29) is 44.4 Å². The second-order valence-corrected chi connectivity index (χ2v) is 9.70. The third-order valence-electron chi connectivity index (χ3n) is 5.95. The molecule has 1 aliphatic carbocycles. The highest BCUT2D eigenvalue weighted by atomic mass is 32.2. The Morgan fingerprint density at radius 1 is 1.27 bits per heavy atom. The molecule has 0 radical (unpaired) electrons. The number of sulfonamides is 1. The third-order valence-corrected chi connectivity index (χ3v) is 7.45. The maximum absolute atomic E-state index is 15.0. The molecule has 11 heteroatoms. The van der Waals surface area contributed by atoms with Gasteiger partial charge in [0.15, 0.2) is 0 Å². The fraction of sp³-hybridized carbons (Fsp3) is 0.364. The molecule has 1 saturated carbocycles. The maximum Gasteiger partial charge on any atom is 0.242 e. The van der Waals surface area contributed by atoms with E-state index in [9.17, 15) is 26.9 Å². The summed E-state index contributed by atoms with van der Waals surface area (Å²) >= 11 is 0. The predicted octanol–water partition coefficient (Wildman–Crippen LogP) is 4.47. The molecular formula is C22H20F4N4O2S. The molecule has 0 aliphatic heterocycles. The molecule has 0 saturated heterocycles. The molecule has 0 atom stereocenters. The number of aromatic nitrogens is 2. The van der Waals surface area contributed by atoms with E-state index >= 15 is 4.39 Å². The Balaban J connectivity index is 1.88. The Morgan fingerprint density at radius 2 is 1.97 bits per heavy atom. The topological polar surface area (TPSA) is 87.8 Å². The van der Waals surface area contributed by atoms with Crippen molar-refractivity contribution in [1.29, 1.82) is 5.26 Å². The number of fused-ring (bicyclic) bond motifs is 1. The van der Waals surface area contributed by atoms with E-state index in [0.717, 1.165) is 25.5 Å². The van der Waals surface area contributed by atoms with Crippen molar-refractivity contribution >= 4 is 20.9 Å². The van der Waals surface area contributed by atoms with Gasteiger partial charge in [0.1, 0.15) is 35.9 Å². The van der Waals surface area contributed by atoms with Crippen LogP contribution < -0.4 is 4.72 Å². The van der Waals surface area contributed by atoms with Gasteiger partial charge in [-0.2, -0.15) is 5.26 Å². The monoisotopic (exact) mass is 480 g/mol. The van der Waals surface area contributed by atoms with Crippen LogP contribution in [0.3, 0.4) is 0 Å². The molecule has 1 aromatic carbocycles. The van der Waals surface area contributed by atoms with Crippen LogP contribution in [0.2, 0.25) is 0 Å². The Labute approximate surface area is 187 Å². The van der Waals surface area contributed by atoms with Crippen LogP contribution in [0.1, 0.15) is 36.4 Å². The average Bonchev–Trinajstić information content (AvgIpc) is 3.08. The van der Waals surface area contributed by atoms with Gasteiger partial charge in [-0.1, -0.05) is 0 Å². The van der Waals surface area contributed by atoms with Crippen molar-refractivity contribution in [3.63, 3.8) is 0 Å². The van der Waals surface area contributed by atoms with Gasteiger partial charge in [0, 0.05) is 17.8 Å². The minimum absolute atomic E-state index is 0.00722. The molecule has 0 amide bonds. The van der Waals surface area contributed by atoms with Crippen LogP contribution in [-0.2, 0) is 10.0 Å². The van der Waals surface area contributed by atoms with E-state index in [1.807, 2.05) is 10.8 Å². The SMILES string of the molecule is Cc1c(F)cc2c(c1F)c(C#N)c(-c1ccc(S(=O)(=O)NC(CF)CF)cn1)n2C1CCC1. The zero-order valence-electron chi connectivity index (χ0n) is 17.6. The molecule has 1 aliphatic rings.